The summed E-state index contributed by atoms with van der Waals surface area (Å²) in [6, 6.07) is 5.22. The monoisotopic (exact) mass is 430 g/mol. The van der Waals surface area contributed by atoms with E-state index in [4.69, 9.17) is 9.47 Å². The van der Waals surface area contributed by atoms with E-state index in [0.29, 0.717) is 24.7 Å². The van der Waals surface area contributed by atoms with Gasteiger partial charge < -0.3 is 19.4 Å². The molecule has 1 aliphatic rings. The SMILES string of the molecule is CC(C)C(NC(=O)CSc1nnc(C(F)(F)F)n1C)c1ccc2c(c1)OCCO2. The summed E-state index contributed by atoms with van der Waals surface area (Å²) in [5.74, 6) is -0.138. The predicted octanol–water partition coefficient (Wildman–Crippen LogP) is 3.21. The van der Waals surface area contributed by atoms with Gasteiger partial charge in [-0.15, -0.1) is 10.2 Å². The second kappa shape index (κ2) is 8.52. The zero-order valence-electron chi connectivity index (χ0n) is 16.1. The van der Waals surface area contributed by atoms with Gasteiger partial charge in [0, 0.05) is 7.05 Å². The van der Waals surface area contributed by atoms with Crippen molar-refractivity contribution in [2.24, 2.45) is 13.0 Å². The third kappa shape index (κ3) is 4.95. The van der Waals surface area contributed by atoms with Gasteiger partial charge in [0.15, 0.2) is 16.7 Å². The van der Waals surface area contributed by atoms with Crippen LogP contribution in [0.25, 0.3) is 0 Å². The molecule has 29 heavy (non-hydrogen) atoms. The molecule has 0 aliphatic carbocycles. The van der Waals surface area contributed by atoms with Crippen LogP contribution in [0, 0.1) is 5.92 Å². The topological polar surface area (TPSA) is 78.3 Å². The molecule has 158 valence electrons. The fourth-order valence-electron chi connectivity index (χ4n) is 2.92. The molecule has 7 nitrogen and oxygen atoms in total. The van der Waals surface area contributed by atoms with Crippen molar-refractivity contribution in [2.45, 2.75) is 31.2 Å². The minimum Gasteiger partial charge on any atom is -0.486 e. The van der Waals surface area contributed by atoms with Gasteiger partial charge >= 0.3 is 6.18 Å². The highest BCUT2D eigenvalue weighted by Crippen LogP contribution is 2.34. The van der Waals surface area contributed by atoms with Crippen LogP contribution in [0.4, 0.5) is 13.2 Å². The number of thioether (sulfide) groups is 1. The van der Waals surface area contributed by atoms with E-state index < -0.39 is 12.0 Å². The maximum Gasteiger partial charge on any atom is 0.451 e. The second-order valence-corrected chi connectivity index (χ2v) is 7.79. The van der Waals surface area contributed by atoms with Gasteiger partial charge in [0.25, 0.3) is 0 Å². The van der Waals surface area contributed by atoms with E-state index in [-0.39, 0.29) is 28.8 Å². The number of ether oxygens (including phenoxy) is 2. The number of nitrogens with one attached hydrogen (secondary N) is 1. The van der Waals surface area contributed by atoms with Crippen molar-refractivity contribution in [2.75, 3.05) is 19.0 Å². The van der Waals surface area contributed by atoms with E-state index in [0.717, 1.165) is 21.9 Å². The standard InChI is InChI=1S/C18H21F3N4O3S/c1-10(2)15(11-4-5-12-13(8-11)28-7-6-27-12)22-14(26)9-29-17-24-23-16(25(17)3)18(19,20)21/h4-5,8,10,15H,6-7,9H2,1-3H3,(H,22,26). The molecule has 0 saturated heterocycles. The number of alkyl halides is 3. The molecule has 1 aromatic carbocycles. The number of aromatic nitrogens is 3. The van der Waals surface area contributed by atoms with Crippen LogP contribution >= 0.6 is 11.8 Å². The molecule has 11 heteroatoms. The van der Waals surface area contributed by atoms with Crippen molar-refractivity contribution >= 4 is 17.7 Å². The molecule has 1 unspecified atom stereocenters. The van der Waals surface area contributed by atoms with E-state index in [9.17, 15) is 18.0 Å². The summed E-state index contributed by atoms with van der Waals surface area (Å²) >= 11 is 0.896. The number of benzene rings is 1. The lowest BCUT2D eigenvalue weighted by Crippen LogP contribution is -2.33. The Morgan fingerprint density at radius 3 is 2.55 bits per heavy atom. The van der Waals surface area contributed by atoms with Gasteiger partial charge in [0.05, 0.1) is 11.8 Å². The zero-order valence-corrected chi connectivity index (χ0v) is 16.9. The first-order valence-corrected chi connectivity index (χ1v) is 9.93. The first-order valence-electron chi connectivity index (χ1n) is 8.95. The number of halogens is 3. The molecule has 1 atom stereocenters. The van der Waals surface area contributed by atoms with Crippen LogP contribution in [0.15, 0.2) is 23.4 Å². The number of rotatable bonds is 6. The molecule has 2 heterocycles. The summed E-state index contributed by atoms with van der Waals surface area (Å²) in [4.78, 5) is 12.4. The second-order valence-electron chi connectivity index (χ2n) is 6.84. The summed E-state index contributed by atoms with van der Waals surface area (Å²) in [5.41, 5.74) is 0.862. The fraction of sp³-hybridized carbons (Fsp3) is 0.500. The lowest BCUT2D eigenvalue weighted by atomic mass is 9.95. The number of carbonyl (C=O) groups excluding carboxylic acids is 1. The molecule has 0 saturated carbocycles. The van der Waals surface area contributed by atoms with Gasteiger partial charge in [-0.1, -0.05) is 31.7 Å². The van der Waals surface area contributed by atoms with E-state index in [1.54, 1.807) is 6.07 Å². The Morgan fingerprint density at radius 2 is 1.93 bits per heavy atom. The zero-order chi connectivity index (χ0) is 21.2. The fourth-order valence-corrected chi connectivity index (χ4v) is 3.64. The molecule has 1 aromatic heterocycles. The van der Waals surface area contributed by atoms with E-state index in [1.165, 1.54) is 7.05 Å². The van der Waals surface area contributed by atoms with Crippen LogP contribution in [0.3, 0.4) is 0 Å². The number of hydrogen-bond acceptors (Lipinski definition) is 6. The highest BCUT2D eigenvalue weighted by molar-refractivity contribution is 7.99. The number of amides is 1. The summed E-state index contributed by atoms with van der Waals surface area (Å²) in [5, 5.41) is 9.62. The summed E-state index contributed by atoms with van der Waals surface area (Å²) < 4.78 is 50.3. The van der Waals surface area contributed by atoms with Gasteiger partial charge in [-0.2, -0.15) is 13.2 Å². The maximum absolute atomic E-state index is 12.8. The molecule has 0 spiro atoms. The third-order valence-corrected chi connectivity index (χ3v) is 5.35. The maximum atomic E-state index is 12.8. The van der Waals surface area contributed by atoms with Crippen LogP contribution in [0.2, 0.25) is 0 Å². The highest BCUT2D eigenvalue weighted by Gasteiger charge is 2.37. The lowest BCUT2D eigenvalue weighted by molar-refractivity contribution is -0.147. The van der Waals surface area contributed by atoms with Crippen molar-refractivity contribution in [3.8, 4) is 11.5 Å². The first-order chi connectivity index (χ1) is 13.7. The Balaban J connectivity index is 1.66. The van der Waals surface area contributed by atoms with Crippen LogP contribution < -0.4 is 14.8 Å². The lowest BCUT2D eigenvalue weighted by Gasteiger charge is -2.25. The molecule has 1 aliphatic heterocycles. The van der Waals surface area contributed by atoms with Crippen molar-refractivity contribution < 1.29 is 27.4 Å². The van der Waals surface area contributed by atoms with Crippen LogP contribution in [0.1, 0.15) is 31.3 Å². The molecular formula is C18H21F3N4O3S. The predicted molar refractivity (Wildman–Crippen MR) is 99.9 cm³/mol. The van der Waals surface area contributed by atoms with E-state index in [2.05, 4.69) is 15.5 Å². The number of nitrogens with zero attached hydrogens (tertiary/aromatic N) is 3. The van der Waals surface area contributed by atoms with Gasteiger partial charge in [-0.3, -0.25) is 4.79 Å². The number of carbonyl (C=O) groups is 1. The number of hydrogen-bond donors (Lipinski definition) is 1. The molecule has 1 N–H and O–H groups in total. The molecule has 1 amide bonds. The van der Waals surface area contributed by atoms with Gasteiger partial charge in [-0.25, -0.2) is 0 Å². The summed E-state index contributed by atoms with van der Waals surface area (Å²) in [6.07, 6.45) is -4.59. The summed E-state index contributed by atoms with van der Waals surface area (Å²) in [6.45, 7) is 4.88. The first kappa shape index (κ1) is 21.3. The van der Waals surface area contributed by atoms with Gasteiger partial charge in [-0.05, 0) is 23.6 Å². The molecule has 0 bridgehead atoms. The highest BCUT2D eigenvalue weighted by atomic mass is 32.2. The summed E-state index contributed by atoms with van der Waals surface area (Å²) in [7, 11) is 1.22. The molecular weight excluding hydrogens is 409 g/mol. The molecule has 2 aromatic rings. The largest absolute Gasteiger partial charge is 0.486 e. The average molecular weight is 430 g/mol. The Labute approximate surface area is 170 Å². The van der Waals surface area contributed by atoms with Crippen LogP contribution in [0.5, 0.6) is 11.5 Å². The van der Waals surface area contributed by atoms with Crippen molar-refractivity contribution in [3.05, 3.63) is 29.6 Å². The quantitative estimate of drug-likeness (QED) is 0.709. The normalized spacial score (nSPS) is 14.7. The minimum absolute atomic E-state index is 0.0212. The Hall–Kier alpha value is -2.43. The van der Waals surface area contributed by atoms with Crippen molar-refractivity contribution in [3.63, 3.8) is 0 Å². The number of fused-ring (bicyclic) bond motifs is 1. The molecule has 0 fully saturated rings. The molecule has 3 rings (SSSR count). The van der Waals surface area contributed by atoms with Crippen LogP contribution in [-0.4, -0.2) is 39.6 Å². The smallest absolute Gasteiger partial charge is 0.451 e. The average Bonchev–Trinajstić information content (AvgIpc) is 3.04. The van der Waals surface area contributed by atoms with Gasteiger partial charge in [0.2, 0.25) is 11.7 Å². The van der Waals surface area contributed by atoms with Crippen LogP contribution in [-0.2, 0) is 18.0 Å². The van der Waals surface area contributed by atoms with E-state index in [1.807, 2.05) is 26.0 Å². The van der Waals surface area contributed by atoms with Gasteiger partial charge in [0.1, 0.15) is 13.2 Å². The van der Waals surface area contributed by atoms with E-state index >= 15 is 0 Å². The Bertz CT molecular complexity index is 886. The molecule has 0 radical (unpaired) electrons. The van der Waals surface area contributed by atoms with Crippen molar-refractivity contribution in [1.82, 2.24) is 20.1 Å². The Kier molecular flexibility index (Phi) is 6.25. The Morgan fingerprint density at radius 1 is 1.24 bits per heavy atom. The minimum atomic E-state index is -4.59. The van der Waals surface area contributed by atoms with Crippen molar-refractivity contribution in [1.29, 1.82) is 0 Å². The third-order valence-electron chi connectivity index (χ3n) is 4.33.